The van der Waals surface area contributed by atoms with Crippen LogP contribution < -0.4 is 5.32 Å². The average molecular weight is 237 g/mol. The molecule has 0 aliphatic carbocycles. The summed E-state index contributed by atoms with van der Waals surface area (Å²) in [5.41, 5.74) is 1.60. The van der Waals surface area contributed by atoms with Crippen LogP contribution in [0.15, 0.2) is 11.6 Å². The van der Waals surface area contributed by atoms with E-state index in [2.05, 4.69) is 10.3 Å². The van der Waals surface area contributed by atoms with E-state index in [4.69, 9.17) is 0 Å². The Hall–Kier alpha value is -1.36. The van der Waals surface area contributed by atoms with Gasteiger partial charge in [-0.05, 0) is 20.3 Å². The van der Waals surface area contributed by atoms with E-state index in [1.165, 1.54) is 0 Å². The number of aromatic nitrogens is 2. The topological polar surface area (TPSA) is 46.4 Å². The summed E-state index contributed by atoms with van der Waals surface area (Å²) in [7, 11) is 0. The summed E-state index contributed by atoms with van der Waals surface area (Å²) in [5, 5.41) is 4.93. The summed E-state index contributed by atoms with van der Waals surface area (Å²) in [6, 6.07) is 0.188. The first-order valence-corrected chi connectivity index (χ1v) is 6.23. The highest BCUT2D eigenvalue weighted by molar-refractivity contribution is 7.15. The molecule has 1 unspecified atom stereocenters. The zero-order valence-corrected chi connectivity index (χ0v) is 10.5. The van der Waals surface area contributed by atoms with Crippen LogP contribution in [0.25, 0.3) is 4.96 Å². The molecule has 1 N–H and O–H groups in total. The number of nitrogens with zero attached hydrogens (tertiary/aromatic N) is 2. The van der Waals surface area contributed by atoms with Crippen LogP contribution in [0.4, 0.5) is 0 Å². The Morgan fingerprint density at radius 1 is 1.69 bits per heavy atom. The van der Waals surface area contributed by atoms with Crippen LogP contribution in [0.2, 0.25) is 0 Å². The Morgan fingerprint density at radius 2 is 2.44 bits per heavy atom. The minimum atomic E-state index is -0.0929. The van der Waals surface area contributed by atoms with Gasteiger partial charge in [0.15, 0.2) is 4.96 Å². The monoisotopic (exact) mass is 237 g/mol. The van der Waals surface area contributed by atoms with Crippen LogP contribution in [0, 0.1) is 6.92 Å². The molecule has 0 aliphatic heterocycles. The van der Waals surface area contributed by atoms with Crippen molar-refractivity contribution in [2.45, 2.75) is 33.2 Å². The van der Waals surface area contributed by atoms with E-state index in [-0.39, 0.29) is 11.9 Å². The molecule has 0 saturated heterocycles. The summed E-state index contributed by atoms with van der Waals surface area (Å²) in [4.78, 5) is 17.0. The lowest BCUT2D eigenvalue weighted by Crippen LogP contribution is -2.32. The zero-order chi connectivity index (χ0) is 11.7. The number of amides is 1. The number of fused-ring (bicyclic) bond motifs is 1. The van der Waals surface area contributed by atoms with Gasteiger partial charge in [-0.25, -0.2) is 4.98 Å². The molecule has 16 heavy (non-hydrogen) atoms. The second kappa shape index (κ2) is 4.25. The summed E-state index contributed by atoms with van der Waals surface area (Å²) in [5.74, 6) is -0.0929. The van der Waals surface area contributed by atoms with E-state index >= 15 is 0 Å². The molecular weight excluding hydrogens is 222 g/mol. The Balaban J connectivity index is 2.23. The number of carbonyl (C=O) groups is 1. The normalized spacial score (nSPS) is 12.9. The van der Waals surface area contributed by atoms with E-state index in [0.29, 0.717) is 5.69 Å². The summed E-state index contributed by atoms with van der Waals surface area (Å²) in [6.07, 6.45) is 2.71. The molecule has 0 saturated carbocycles. The minimum absolute atomic E-state index is 0.0929. The van der Waals surface area contributed by atoms with Gasteiger partial charge in [-0.2, -0.15) is 0 Å². The number of hydrogen-bond donors (Lipinski definition) is 1. The van der Waals surface area contributed by atoms with E-state index in [1.54, 1.807) is 17.5 Å². The maximum absolute atomic E-state index is 11.8. The lowest BCUT2D eigenvalue weighted by atomic mass is 10.2. The van der Waals surface area contributed by atoms with Crippen molar-refractivity contribution in [1.82, 2.24) is 14.7 Å². The standard InChI is InChI=1S/C11H15N3OS/c1-4-7(2)12-10(15)9-5-14-8(3)6-16-11(14)13-9/h5-7H,4H2,1-3H3,(H,12,15). The molecule has 2 heterocycles. The second-order valence-electron chi connectivity index (χ2n) is 3.94. The highest BCUT2D eigenvalue weighted by atomic mass is 32.1. The molecule has 0 radical (unpaired) electrons. The average Bonchev–Trinajstić information content (AvgIpc) is 2.81. The number of rotatable bonds is 3. The van der Waals surface area contributed by atoms with Crippen molar-refractivity contribution in [3.63, 3.8) is 0 Å². The van der Waals surface area contributed by atoms with Gasteiger partial charge in [0.1, 0.15) is 5.69 Å². The molecule has 1 atom stereocenters. The quantitative estimate of drug-likeness (QED) is 0.889. The van der Waals surface area contributed by atoms with E-state index in [9.17, 15) is 4.79 Å². The van der Waals surface area contributed by atoms with Crippen molar-refractivity contribution in [2.24, 2.45) is 0 Å². The number of thiazole rings is 1. The Kier molecular flexibility index (Phi) is 2.96. The van der Waals surface area contributed by atoms with Gasteiger partial charge in [-0.3, -0.25) is 9.20 Å². The Labute approximate surface area is 98.3 Å². The predicted octanol–water partition coefficient (Wildman–Crippen LogP) is 2.23. The number of nitrogens with one attached hydrogen (secondary N) is 1. The first-order valence-electron chi connectivity index (χ1n) is 5.36. The van der Waals surface area contributed by atoms with Gasteiger partial charge in [0.25, 0.3) is 5.91 Å². The summed E-state index contributed by atoms with van der Waals surface area (Å²) < 4.78 is 1.94. The molecular formula is C11H15N3OS. The maximum atomic E-state index is 11.8. The van der Waals surface area contributed by atoms with Crippen molar-refractivity contribution in [3.05, 3.63) is 23.0 Å². The minimum Gasteiger partial charge on any atom is -0.348 e. The Bertz CT molecular complexity index is 514. The molecule has 0 bridgehead atoms. The van der Waals surface area contributed by atoms with Crippen molar-refractivity contribution in [3.8, 4) is 0 Å². The molecule has 0 aromatic carbocycles. The van der Waals surface area contributed by atoms with Gasteiger partial charge >= 0.3 is 0 Å². The Morgan fingerprint density at radius 3 is 3.06 bits per heavy atom. The van der Waals surface area contributed by atoms with Crippen LogP contribution in [-0.4, -0.2) is 21.3 Å². The summed E-state index contributed by atoms with van der Waals surface area (Å²) in [6.45, 7) is 6.03. The number of imidazole rings is 1. The van der Waals surface area contributed by atoms with Crippen LogP contribution in [0.5, 0.6) is 0 Å². The van der Waals surface area contributed by atoms with Gasteiger partial charge < -0.3 is 5.32 Å². The van der Waals surface area contributed by atoms with Gasteiger partial charge in [0.05, 0.1) is 0 Å². The van der Waals surface area contributed by atoms with Gasteiger partial charge in [-0.15, -0.1) is 11.3 Å². The largest absolute Gasteiger partial charge is 0.348 e. The van der Waals surface area contributed by atoms with Crippen molar-refractivity contribution >= 4 is 22.2 Å². The summed E-state index contributed by atoms with van der Waals surface area (Å²) >= 11 is 1.55. The highest BCUT2D eigenvalue weighted by Gasteiger charge is 2.13. The fourth-order valence-corrected chi connectivity index (χ4v) is 2.25. The van der Waals surface area contributed by atoms with Crippen molar-refractivity contribution in [1.29, 1.82) is 0 Å². The van der Waals surface area contributed by atoms with Crippen LogP contribution in [0.1, 0.15) is 36.5 Å². The maximum Gasteiger partial charge on any atom is 0.271 e. The molecule has 0 spiro atoms. The number of aryl methyl sites for hydroxylation is 1. The predicted molar refractivity (Wildman–Crippen MR) is 65.0 cm³/mol. The SMILES string of the molecule is CCC(C)NC(=O)c1cn2c(C)csc2n1. The van der Waals surface area contributed by atoms with Crippen molar-refractivity contribution in [2.75, 3.05) is 0 Å². The number of carbonyl (C=O) groups excluding carboxylic acids is 1. The molecule has 86 valence electrons. The van der Waals surface area contributed by atoms with Crippen LogP contribution in [0.3, 0.4) is 0 Å². The molecule has 0 fully saturated rings. The first kappa shape index (κ1) is 11.1. The molecule has 5 heteroatoms. The van der Waals surface area contributed by atoms with E-state index < -0.39 is 0 Å². The number of hydrogen-bond acceptors (Lipinski definition) is 3. The van der Waals surface area contributed by atoms with E-state index in [1.807, 2.05) is 30.6 Å². The van der Waals surface area contributed by atoms with Crippen LogP contribution in [-0.2, 0) is 0 Å². The zero-order valence-electron chi connectivity index (χ0n) is 9.65. The third-order valence-corrected chi connectivity index (χ3v) is 3.57. The lowest BCUT2D eigenvalue weighted by molar-refractivity contribution is 0.0935. The fraction of sp³-hybridized carbons (Fsp3) is 0.455. The first-order chi connectivity index (χ1) is 7.61. The highest BCUT2D eigenvalue weighted by Crippen LogP contribution is 2.15. The lowest BCUT2D eigenvalue weighted by Gasteiger charge is -2.09. The molecule has 2 aromatic heterocycles. The van der Waals surface area contributed by atoms with Crippen LogP contribution >= 0.6 is 11.3 Å². The van der Waals surface area contributed by atoms with Crippen molar-refractivity contribution < 1.29 is 4.79 Å². The third kappa shape index (κ3) is 1.95. The van der Waals surface area contributed by atoms with Gasteiger partial charge in [-0.1, -0.05) is 6.92 Å². The van der Waals surface area contributed by atoms with E-state index in [0.717, 1.165) is 17.1 Å². The molecule has 2 aromatic rings. The van der Waals surface area contributed by atoms with Gasteiger partial charge in [0, 0.05) is 23.3 Å². The molecule has 4 nitrogen and oxygen atoms in total. The molecule has 0 aliphatic rings. The second-order valence-corrected chi connectivity index (χ2v) is 4.78. The smallest absolute Gasteiger partial charge is 0.271 e. The third-order valence-electron chi connectivity index (χ3n) is 2.61. The molecule has 1 amide bonds. The molecule has 2 rings (SSSR count). The fourth-order valence-electron chi connectivity index (χ4n) is 1.40. The van der Waals surface area contributed by atoms with Gasteiger partial charge in [0.2, 0.25) is 0 Å².